The van der Waals surface area contributed by atoms with Crippen LogP contribution in [0.4, 0.5) is 10.1 Å². The number of carbonyl (C=O) groups excluding carboxylic acids is 4. The minimum absolute atomic E-state index is 0.00328. The maximum Gasteiger partial charge on any atom is 0.228 e. The van der Waals surface area contributed by atoms with Gasteiger partial charge in [0.15, 0.2) is 11.6 Å². The van der Waals surface area contributed by atoms with Gasteiger partial charge in [0.05, 0.1) is 40.5 Å². The van der Waals surface area contributed by atoms with Crippen molar-refractivity contribution in [3.8, 4) is 0 Å². The van der Waals surface area contributed by atoms with Gasteiger partial charge in [-0.1, -0.05) is 47.5 Å². The van der Waals surface area contributed by atoms with Gasteiger partial charge in [-0.3, -0.25) is 19.2 Å². The molecule has 0 aromatic heterocycles. The third-order valence-corrected chi connectivity index (χ3v) is 8.85. The van der Waals surface area contributed by atoms with Crippen LogP contribution in [0.5, 0.6) is 0 Å². The van der Waals surface area contributed by atoms with E-state index in [4.69, 9.17) is 33.7 Å². The van der Waals surface area contributed by atoms with Crippen LogP contribution in [0, 0.1) is 11.7 Å². The molecule has 0 radical (unpaired) electrons. The van der Waals surface area contributed by atoms with Crippen molar-refractivity contribution in [3.05, 3.63) is 63.4 Å². The summed E-state index contributed by atoms with van der Waals surface area (Å²) in [6.07, 6.45) is 0.199. The van der Waals surface area contributed by atoms with E-state index >= 15 is 0 Å². The Morgan fingerprint density at radius 3 is 2.49 bits per heavy atom. The summed E-state index contributed by atoms with van der Waals surface area (Å²) in [4.78, 5) is 56.8. The number of fused-ring (bicyclic) bond motifs is 1. The van der Waals surface area contributed by atoms with Crippen molar-refractivity contribution in [3.63, 3.8) is 0 Å². The molecule has 43 heavy (non-hydrogen) atoms. The molecule has 1 saturated heterocycles. The third-order valence-electron chi connectivity index (χ3n) is 8.07. The molecule has 3 N–H and O–H groups in total. The van der Waals surface area contributed by atoms with Crippen LogP contribution in [-0.4, -0.2) is 71.2 Å². The standard InChI is InChI=1S/C31H37Cl2FN4O5/c1-31(2)18-43-14-13-38(31)27(41)10-9-26(40)37-17-21-6-4-3-5-19(21)15-24(37)25(39)16-20(11-12-35)30(42)36-23-8-7-22(32)28(33)29(23)34/h3-8,20,24H,9-18,35H2,1-2H3,(H,36,42)/t20-,24+/m1/s1. The Morgan fingerprint density at radius 1 is 1.09 bits per heavy atom. The number of Topliss-reactive ketones (excluding diaryl/α,β-unsaturated/α-hetero) is 1. The molecule has 0 saturated carbocycles. The van der Waals surface area contributed by atoms with E-state index in [1.165, 1.54) is 17.0 Å². The molecule has 3 amide bonds. The summed E-state index contributed by atoms with van der Waals surface area (Å²) in [6, 6.07) is 9.40. The second-order valence-electron chi connectivity index (χ2n) is 11.6. The minimum atomic E-state index is -0.879. The summed E-state index contributed by atoms with van der Waals surface area (Å²) in [7, 11) is 0. The van der Waals surface area contributed by atoms with Crippen LogP contribution >= 0.6 is 23.2 Å². The fraction of sp³-hybridized carbons (Fsp3) is 0.484. The lowest BCUT2D eigenvalue weighted by Crippen LogP contribution is -2.55. The molecule has 2 aromatic rings. The van der Waals surface area contributed by atoms with E-state index in [9.17, 15) is 23.6 Å². The third kappa shape index (κ3) is 7.73. The van der Waals surface area contributed by atoms with Gasteiger partial charge in [0.2, 0.25) is 17.7 Å². The lowest BCUT2D eigenvalue weighted by molar-refractivity contribution is -0.149. The molecule has 12 heteroatoms. The quantitative estimate of drug-likeness (QED) is 0.374. The highest BCUT2D eigenvalue weighted by molar-refractivity contribution is 6.42. The molecule has 2 aromatic carbocycles. The number of morpholine rings is 1. The lowest BCUT2D eigenvalue weighted by Gasteiger charge is -2.42. The van der Waals surface area contributed by atoms with E-state index in [0.717, 1.165) is 11.1 Å². The van der Waals surface area contributed by atoms with Crippen LogP contribution in [0.1, 0.15) is 50.7 Å². The zero-order chi connectivity index (χ0) is 31.3. The van der Waals surface area contributed by atoms with E-state index in [0.29, 0.717) is 19.8 Å². The average molecular weight is 636 g/mol. The number of ether oxygens (including phenoxy) is 1. The number of rotatable bonds is 10. The van der Waals surface area contributed by atoms with E-state index in [2.05, 4.69) is 5.32 Å². The monoisotopic (exact) mass is 634 g/mol. The van der Waals surface area contributed by atoms with Crippen molar-refractivity contribution in [2.45, 2.75) is 64.1 Å². The van der Waals surface area contributed by atoms with E-state index in [1.807, 2.05) is 38.1 Å². The van der Waals surface area contributed by atoms with Gasteiger partial charge < -0.3 is 25.6 Å². The van der Waals surface area contributed by atoms with E-state index in [-0.39, 0.29) is 78.5 Å². The van der Waals surface area contributed by atoms with Gasteiger partial charge in [-0.05, 0) is 50.1 Å². The van der Waals surface area contributed by atoms with E-state index < -0.39 is 29.2 Å². The average Bonchev–Trinajstić information content (AvgIpc) is 2.98. The topological polar surface area (TPSA) is 122 Å². The summed E-state index contributed by atoms with van der Waals surface area (Å²) in [5.41, 5.74) is 6.99. The SMILES string of the molecule is CC1(C)COCCN1C(=O)CCC(=O)N1Cc2ccccc2C[C@H]1C(=O)C[C@@H](CCN)C(=O)Nc1ccc(Cl)c(Cl)c1F. The zero-order valence-corrected chi connectivity index (χ0v) is 25.8. The van der Waals surface area contributed by atoms with Crippen LogP contribution in [0.15, 0.2) is 36.4 Å². The Hall–Kier alpha value is -3.05. The number of benzene rings is 2. The Bertz CT molecular complexity index is 1390. The molecular formula is C31H37Cl2FN4O5. The molecule has 2 heterocycles. The molecule has 2 aliphatic rings. The van der Waals surface area contributed by atoms with Crippen molar-refractivity contribution in [1.29, 1.82) is 0 Å². The Kier molecular flexibility index (Phi) is 10.8. The van der Waals surface area contributed by atoms with Crippen LogP contribution in [0.25, 0.3) is 0 Å². The number of nitrogens with one attached hydrogen (secondary N) is 1. The molecule has 4 rings (SSSR count). The summed E-state index contributed by atoms with van der Waals surface area (Å²) in [5.74, 6) is -3.11. The maximum atomic E-state index is 14.6. The molecule has 0 spiro atoms. The highest BCUT2D eigenvalue weighted by Gasteiger charge is 2.38. The number of nitrogens with zero attached hydrogens (tertiary/aromatic N) is 2. The van der Waals surface area contributed by atoms with E-state index in [1.54, 1.807) is 4.90 Å². The highest BCUT2D eigenvalue weighted by Crippen LogP contribution is 2.31. The number of nitrogens with two attached hydrogens (primary N) is 1. The van der Waals surface area contributed by atoms with Gasteiger partial charge in [-0.2, -0.15) is 0 Å². The molecule has 0 aliphatic carbocycles. The molecule has 2 atom stereocenters. The van der Waals surface area contributed by atoms with Crippen molar-refractivity contribution in [2.75, 3.05) is 31.6 Å². The minimum Gasteiger partial charge on any atom is -0.377 e. The van der Waals surface area contributed by atoms with Crippen LogP contribution in [-0.2, 0) is 36.9 Å². The largest absolute Gasteiger partial charge is 0.377 e. The smallest absolute Gasteiger partial charge is 0.228 e. The van der Waals surface area contributed by atoms with Crippen molar-refractivity contribution in [2.24, 2.45) is 11.7 Å². The number of hydrogen-bond acceptors (Lipinski definition) is 6. The summed E-state index contributed by atoms with van der Waals surface area (Å²) in [6.45, 7) is 5.49. The number of amides is 3. The number of carbonyl (C=O) groups is 4. The van der Waals surface area contributed by atoms with Gasteiger partial charge >= 0.3 is 0 Å². The second-order valence-corrected chi connectivity index (χ2v) is 12.4. The summed E-state index contributed by atoms with van der Waals surface area (Å²) < 4.78 is 20.1. The molecule has 232 valence electrons. The lowest BCUT2D eigenvalue weighted by atomic mass is 9.87. The van der Waals surface area contributed by atoms with Gasteiger partial charge in [0.25, 0.3) is 0 Å². The van der Waals surface area contributed by atoms with Gasteiger partial charge in [0.1, 0.15) is 0 Å². The Balaban J connectivity index is 1.49. The first-order valence-corrected chi connectivity index (χ1v) is 15.1. The second kappa shape index (κ2) is 14.2. The number of hydrogen-bond donors (Lipinski definition) is 2. The molecule has 1 fully saturated rings. The van der Waals surface area contributed by atoms with Gasteiger partial charge in [0, 0.05) is 44.7 Å². The van der Waals surface area contributed by atoms with Gasteiger partial charge in [-0.15, -0.1) is 0 Å². The number of halogens is 3. The summed E-state index contributed by atoms with van der Waals surface area (Å²) in [5, 5.41) is 2.18. The summed E-state index contributed by atoms with van der Waals surface area (Å²) >= 11 is 11.7. The number of ketones is 1. The molecule has 9 nitrogen and oxygen atoms in total. The fourth-order valence-corrected chi connectivity index (χ4v) is 5.96. The van der Waals surface area contributed by atoms with Crippen LogP contribution in [0.3, 0.4) is 0 Å². The van der Waals surface area contributed by atoms with Crippen LogP contribution in [0.2, 0.25) is 10.0 Å². The van der Waals surface area contributed by atoms with Crippen molar-refractivity contribution >= 4 is 52.4 Å². The maximum absolute atomic E-state index is 14.6. The molecule has 0 bridgehead atoms. The predicted molar refractivity (Wildman–Crippen MR) is 162 cm³/mol. The molecule has 0 unspecified atom stereocenters. The molecule has 2 aliphatic heterocycles. The van der Waals surface area contributed by atoms with Crippen molar-refractivity contribution in [1.82, 2.24) is 9.80 Å². The van der Waals surface area contributed by atoms with Crippen LogP contribution < -0.4 is 11.1 Å². The van der Waals surface area contributed by atoms with Gasteiger partial charge in [-0.25, -0.2) is 4.39 Å². The zero-order valence-electron chi connectivity index (χ0n) is 24.3. The first-order valence-electron chi connectivity index (χ1n) is 14.3. The fourth-order valence-electron chi connectivity index (χ4n) is 5.65. The highest BCUT2D eigenvalue weighted by atomic mass is 35.5. The predicted octanol–water partition coefficient (Wildman–Crippen LogP) is 4.37. The number of anilines is 1. The first-order chi connectivity index (χ1) is 20.4. The normalized spacial score (nSPS) is 18.5. The van der Waals surface area contributed by atoms with Crippen molar-refractivity contribution < 1.29 is 28.3 Å². The molecular weight excluding hydrogens is 598 g/mol. The Labute approximate surface area is 260 Å². The Morgan fingerprint density at radius 2 is 1.79 bits per heavy atom. The first kappa shape index (κ1) is 32.9.